The Kier molecular flexibility index (Phi) is 6.02. The molecule has 4 rings (SSSR count). The van der Waals surface area contributed by atoms with Crippen LogP contribution in [0.5, 0.6) is 5.75 Å². The van der Waals surface area contributed by atoms with Crippen LogP contribution in [0, 0.1) is 6.92 Å². The highest BCUT2D eigenvalue weighted by molar-refractivity contribution is 5.82. The summed E-state index contributed by atoms with van der Waals surface area (Å²) in [5.74, 6) is 1.10. The van der Waals surface area contributed by atoms with E-state index in [2.05, 4.69) is 53.0 Å². The molecule has 1 amide bonds. The van der Waals surface area contributed by atoms with Crippen molar-refractivity contribution >= 4 is 11.6 Å². The first-order valence-electron chi connectivity index (χ1n) is 10.5. The van der Waals surface area contributed by atoms with Gasteiger partial charge in [0.1, 0.15) is 11.8 Å². The normalized spacial score (nSPS) is 22.0. The minimum absolute atomic E-state index is 0.170. The molecule has 2 N–H and O–H groups in total. The number of nitrogens with one attached hydrogen (secondary N) is 2. The Balaban J connectivity index is 1.33. The number of hydrogen-bond donors (Lipinski definition) is 2. The van der Waals surface area contributed by atoms with Crippen molar-refractivity contribution in [2.75, 3.05) is 37.7 Å². The van der Waals surface area contributed by atoms with Crippen LogP contribution in [-0.2, 0) is 4.79 Å². The lowest BCUT2D eigenvalue weighted by Gasteiger charge is -2.37. The third-order valence-corrected chi connectivity index (χ3v) is 5.78. The summed E-state index contributed by atoms with van der Waals surface area (Å²) in [7, 11) is 0. The van der Waals surface area contributed by atoms with E-state index < -0.39 is 0 Å². The number of amides is 1. The van der Waals surface area contributed by atoms with E-state index in [1.54, 1.807) is 0 Å². The molecule has 2 heterocycles. The van der Waals surface area contributed by atoms with Crippen LogP contribution in [0.3, 0.4) is 0 Å². The van der Waals surface area contributed by atoms with Crippen molar-refractivity contribution in [2.45, 2.75) is 32.4 Å². The molecule has 2 fully saturated rings. The van der Waals surface area contributed by atoms with Crippen molar-refractivity contribution in [3.63, 3.8) is 0 Å². The number of ether oxygens (including phenoxy) is 1. The summed E-state index contributed by atoms with van der Waals surface area (Å²) in [5, 5.41) is 0. The number of aryl methyl sites for hydroxylation is 1. The van der Waals surface area contributed by atoms with E-state index >= 15 is 0 Å². The van der Waals surface area contributed by atoms with E-state index in [1.807, 2.05) is 30.0 Å². The fourth-order valence-corrected chi connectivity index (χ4v) is 4.12. The van der Waals surface area contributed by atoms with Gasteiger partial charge in [-0.05, 0) is 38.0 Å². The summed E-state index contributed by atoms with van der Waals surface area (Å²) in [6.07, 6.45) is 0.773. The van der Waals surface area contributed by atoms with Gasteiger partial charge in [0.15, 0.2) is 0 Å². The molecule has 6 nitrogen and oxygen atoms in total. The van der Waals surface area contributed by atoms with Crippen LogP contribution in [0.15, 0.2) is 48.5 Å². The lowest BCUT2D eigenvalue weighted by Crippen LogP contribution is -2.53. The third-order valence-electron chi connectivity index (χ3n) is 5.78. The van der Waals surface area contributed by atoms with Gasteiger partial charge in [-0.3, -0.25) is 4.79 Å². The number of carbonyl (C=O) groups is 1. The van der Waals surface area contributed by atoms with Gasteiger partial charge in [0, 0.05) is 32.2 Å². The molecule has 154 valence electrons. The van der Waals surface area contributed by atoms with Gasteiger partial charge in [0.2, 0.25) is 5.91 Å². The number of nitrogens with zero attached hydrogens (tertiary/aromatic N) is 2. The first-order valence-corrected chi connectivity index (χ1v) is 10.5. The predicted molar refractivity (Wildman–Crippen MR) is 115 cm³/mol. The summed E-state index contributed by atoms with van der Waals surface area (Å²) in [6.45, 7) is 7.83. The van der Waals surface area contributed by atoms with Gasteiger partial charge in [-0.2, -0.15) is 0 Å². The minimum atomic E-state index is -0.177. The lowest BCUT2D eigenvalue weighted by atomic mass is 10.0. The highest BCUT2D eigenvalue weighted by Gasteiger charge is 2.34. The number of piperazine rings is 1. The van der Waals surface area contributed by atoms with Gasteiger partial charge in [0.05, 0.1) is 12.3 Å². The molecular formula is C23H30N4O2. The van der Waals surface area contributed by atoms with Crippen LogP contribution in [0.1, 0.15) is 30.5 Å². The minimum Gasteiger partial charge on any atom is -0.492 e. The number of para-hydroxylation sites is 2. The van der Waals surface area contributed by atoms with Crippen LogP contribution >= 0.6 is 0 Å². The first kappa shape index (κ1) is 19.7. The van der Waals surface area contributed by atoms with E-state index in [9.17, 15) is 4.79 Å². The highest BCUT2D eigenvalue weighted by atomic mass is 16.5. The Morgan fingerprint density at radius 2 is 1.76 bits per heavy atom. The van der Waals surface area contributed by atoms with E-state index in [0.29, 0.717) is 6.61 Å². The van der Waals surface area contributed by atoms with Gasteiger partial charge in [-0.1, -0.05) is 42.0 Å². The average molecular weight is 395 g/mol. The van der Waals surface area contributed by atoms with Gasteiger partial charge in [-0.15, -0.1) is 0 Å². The Morgan fingerprint density at radius 1 is 1.03 bits per heavy atom. The molecule has 2 aromatic carbocycles. The number of hydrazine groups is 1. The topological polar surface area (TPSA) is 56.8 Å². The zero-order valence-corrected chi connectivity index (χ0v) is 17.2. The largest absolute Gasteiger partial charge is 0.492 e. The monoisotopic (exact) mass is 394 g/mol. The van der Waals surface area contributed by atoms with Crippen LogP contribution in [0.2, 0.25) is 0 Å². The molecule has 2 atom stereocenters. The zero-order valence-electron chi connectivity index (χ0n) is 17.2. The van der Waals surface area contributed by atoms with Crippen LogP contribution in [0.4, 0.5) is 5.69 Å². The van der Waals surface area contributed by atoms with Crippen LogP contribution in [0.25, 0.3) is 0 Å². The number of carbonyl (C=O) groups excluding carboxylic acids is 1. The van der Waals surface area contributed by atoms with Crippen molar-refractivity contribution in [2.24, 2.45) is 0 Å². The molecule has 0 radical (unpaired) electrons. The average Bonchev–Trinajstić information content (AvgIpc) is 3.25. The Morgan fingerprint density at radius 3 is 2.48 bits per heavy atom. The van der Waals surface area contributed by atoms with E-state index in [1.165, 1.54) is 11.1 Å². The van der Waals surface area contributed by atoms with Gasteiger partial charge >= 0.3 is 0 Å². The van der Waals surface area contributed by atoms with Crippen molar-refractivity contribution < 1.29 is 9.53 Å². The number of rotatable bonds is 5. The molecule has 2 aromatic rings. The summed E-state index contributed by atoms with van der Waals surface area (Å²) in [4.78, 5) is 17.3. The Hall–Kier alpha value is -2.57. The molecule has 29 heavy (non-hydrogen) atoms. The lowest BCUT2D eigenvalue weighted by molar-refractivity contribution is -0.133. The second-order valence-electron chi connectivity index (χ2n) is 7.75. The maximum atomic E-state index is 13.0. The molecule has 0 aliphatic carbocycles. The first-order chi connectivity index (χ1) is 14.2. The SMILES string of the molecule is CCOc1ccccc1N1CCN(C(=O)C2CC(c3ccc(C)cc3)NN2)CC1. The molecule has 2 aliphatic rings. The quantitative estimate of drug-likeness (QED) is 0.817. The second-order valence-corrected chi connectivity index (χ2v) is 7.75. The summed E-state index contributed by atoms with van der Waals surface area (Å²) >= 11 is 0. The summed E-state index contributed by atoms with van der Waals surface area (Å²) < 4.78 is 5.77. The molecule has 2 unspecified atom stereocenters. The van der Waals surface area contributed by atoms with Gasteiger partial charge in [-0.25, -0.2) is 10.9 Å². The second kappa shape index (κ2) is 8.84. The van der Waals surface area contributed by atoms with Gasteiger partial charge in [0.25, 0.3) is 0 Å². The molecule has 2 saturated heterocycles. The molecule has 0 bridgehead atoms. The van der Waals surface area contributed by atoms with E-state index in [4.69, 9.17) is 4.74 Å². The van der Waals surface area contributed by atoms with E-state index in [0.717, 1.165) is 44.0 Å². The maximum absolute atomic E-state index is 13.0. The van der Waals surface area contributed by atoms with Crippen LogP contribution < -0.4 is 20.5 Å². The van der Waals surface area contributed by atoms with Gasteiger partial charge < -0.3 is 14.5 Å². The van der Waals surface area contributed by atoms with Crippen molar-refractivity contribution in [1.82, 2.24) is 15.8 Å². The Labute approximate surface area is 172 Å². The summed E-state index contributed by atoms with van der Waals surface area (Å²) in [5.41, 5.74) is 10.1. The number of anilines is 1. The fraction of sp³-hybridized carbons (Fsp3) is 0.435. The molecule has 2 aliphatic heterocycles. The summed E-state index contributed by atoms with van der Waals surface area (Å²) in [6, 6.07) is 16.6. The molecule has 0 spiro atoms. The third kappa shape index (κ3) is 4.38. The predicted octanol–water partition coefficient (Wildman–Crippen LogP) is 2.65. The number of benzene rings is 2. The maximum Gasteiger partial charge on any atom is 0.241 e. The smallest absolute Gasteiger partial charge is 0.241 e. The number of hydrogen-bond acceptors (Lipinski definition) is 5. The standard InChI is InChI=1S/C23H30N4O2/c1-3-29-22-7-5-4-6-21(22)26-12-14-27(15-13-26)23(28)20-16-19(24-25-20)18-10-8-17(2)9-11-18/h4-11,19-20,24-25H,3,12-16H2,1-2H3. The molecular weight excluding hydrogens is 364 g/mol. The van der Waals surface area contributed by atoms with Crippen molar-refractivity contribution in [3.8, 4) is 5.75 Å². The van der Waals surface area contributed by atoms with Crippen molar-refractivity contribution in [1.29, 1.82) is 0 Å². The molecule has 6 heteroatoms. The fourth-order valence-electron chi connectivity index (χ4n) is 4.12. The molecule has 0 saturated carbocycles. The zero-order chi connectivity index (χ0) is 20.2. The van der Waals surface area contributed by atoms with E-state index in [-0.39, 0.29) is 18.0 Å². The van der Waals surface area contributed by atoms with Crippen LogP contribution in [-0.4, -0.2) is 49.6 Å². The molecule has 0 aromatic heterocycles. The Bertz CT molecular complexity index is 831. The van der Waals surface area contributed by atoms with Crippen molar-refractivity contribution in [3.05, 3.63) is 59.7 Å². The highest BCUT2D eigenvalue weighted by Crippen LogP contribution is 2.29.